The monoisotopic (exact) mass is 784 g/mol. The normalized spacial score (nSPS) is 12.7. The van der Waals surface area contributed by atoms with Crippen LogP contribution in [0.3, 0.4) is 0 Å². The van der Waals surface area contributed by atoms with Crippen molar-refractivity contribution in [2.24, 2.45) is 0 Å². The molecule has 0 spiro atoms. The predicted octanol–water partition coefficient (Wildman–Crippen LogP) is 12.1. The third-order valence-corrected chi connectivity index (χ3v) is 9.87. The van der Waals surface area contributed by atoms with Crippen LogP contribution in [0.25, 0.3) is 0 Å². The van der Waals surface area contributed by atoms with Crippen LogP contribution in [-0.4, -0.2) is 23.1 Å². The SMILES string of the molecule is O=C1c2ccc(cc2)Oc2ccc(cc2)C(=O)c2ccc(cc2)Oc2ccc(cc2)C(=O)c2ccc(cc2)Oc2ccc(cc2)C(=O)c2ccc(cc2)Oc2ccc1cc2. The molecule has 288 valence electrons. The third-order valence-electron chi connectivity index (χ3n) is 9.87. The molecule has 8 aromatic carbocycles. The Hall–Kier alpha value is -8.36. The highest BCUT2D eigenvalue weighted by Gasteiger charge is 2.15. The van der Waals surface area contributed by atoms with Gasteiger partial charge >= 0.3 is 0 Å². The molecule has 16 bridgehead atoms. The van der Waals surface area contributed by atoms with Crippen LogP contribution in [0.15, 0.2) is 194 Å². The largest absolute Gasteiger partial charge is 0.457 e. The fraction of sp³-hybridized carbons (Fsp3) is 0. The number of hydrogen-bond donors (Lipinski definition) is 0. The molecule has 8 nitrogen and oxygen atoms in total. The minimum Gasteiger partial charge on any atom is -0.457 e. The summed E-state index contributed by atoms with van der Waals surface area (Å²) in [5.74, 6) is 3.63. The smallest absolute Gasteiger partial charge is 0.193 e. The van der Waals surface area contributed by atoms with E-state index >= 15 is 0 Å². The van der Waals surface area contributed by atoms with Crippen molar-refractivity contribution in [2.45, 2.75) is 0 Å². The first-order valence-corrected chi connectivity index (χ1v) is 19.0. The lowest BCUT2D eigenvalue weighted by Gasteiger charge is -2.10. The molecule has 0 radical (unpaired) electrons. The Labute approximate surface area is 344 Å². The first kappa shape index (κ1) is 37.2. The molecule has 0 fully saturated rings. The highest BCUT2D eigenvalue weighted by molar-refractivity contribution is 6.11. The van der Waals surface area contributed by atoms with E-state index in [2.05, 4.69) is 0 Å². The second kappa shape index (κ2) is 16.2. The van der Waals surface area contributed by atoms with Crippen molar-refractivity contribution < 1.29 is 38.1 Å². The van der Waals surface area contributed by atoms with Crippen LogP contribution in [0.2, 0.25) is 0 Å². The van der Waals surface area contributed by atoms with Gasteiger partial charge in [-0.3, -0.25) is 19.2 Å². The first-order chi connectivity index (χ1) is 29.3. The fourth-order valence-electron chi connectivity index (χ4n) is 6.61. The summed E-state index contributed by atoms with van der Waals surface area (Å²) in [5.41, 5.74) is 3.92. The molecule has 8 heteroatoms. The number of carbonyl (C=O) groups is 4. The van der Waals surface area contributed by atoms with Gasteiger partial charge in [0, 0.05) is 44.5 Å². The molecule has 0 amide bonds. The number of rotatable bonds is 0. The molecule has 60 heavy (non-hydrogen) atoms. The number of hydrogen-bond acceptors (Lipinski definition) is 8. The summed E-state index contributed by atoms with van der Waals surface area (Å²) in [7, 11) is 0. The van der Waals surface area contributed by atoms with Crippen molar-refractivity contribution >= 4 is 23.1 Å². The average molecular weight is 785 g/mol. The first-order valence-electron chi connectivity index (χ1n) is 19.0. The summed E-state index contributed by atoms with van der Waals surface area (Å²) in [6.45, 7) is 0. The zero-order valence-corrected chi connectivity index (χ0v) is 31.7. The topological polar surface area (TPSA) is 105 Å². The Morgan fingerprint density at radius 3 is 0.367 bits per heavy atom. The average Bonchev–Trinajstić information content (AvgIpc) is 3.30. The maximum atomic E-state index is 13.3. The Morgan fingerprint density at radius 1 is 0.167 bits per heavy atom. The van der Waals surface area contributed by atoms with Gasteiger partial charge < -0.3 is 18.9 Å². The van der Waals surface area contributed by atoms with E-state index in [0.717, 1.165) is 0 Å². The van der Waals surface area contributed by atoms with E-state index < -0.39 is 0 Å². The van der Waals surface area contributed by atoms with Crippen molar-refractivity contribution in [3.63, 3.8) is 0 Å². The lowest BCUT2D eigenvalue weighted by Crippen LogP contribution is -2.02. The van der Waals surface area contributed by atoms with E-state index in [-0.39, 0.29) is 23.1 Å². The van der Waals surface area contributed by atoms with Crippen LogP contribution in [0, 0.1) is 0 Å². The van der Waals surface area contributed by atoms with Gasteiger partial charge in [0.2, 0.25) is 0 Å². The van der Waals surface area contributed by atoms with Gasteiger partial charge in [-0.2, -0.15) is 0 Å². The standard InChI is InChI=1S/C52H32O8/c53-49-33-1-17-41(18-2-33)57-42-21-5-35(6-22-42)50(54)36-9-25-45(26-10-36)59-46-29-13-39(14-30-46)52(56)40-15-31-48(32-16-40)60-47-27-11-38(12-28-47)51(55)37-7-23-44(24-8-37)58-43-19-3-34(49)4-20-43/h1-32H. The van der Waals surface area contributed by atoms with Crippen molar-refractivity contribution in [3.8, 4) is 46.0 Å². The molecule has 13 heterocycles. The summed E-state index contributed by atoms with van der Waals surface area (Å²) in [4.78, 5) is 53.1. The van der Waals surface area contributed by atoms with Crippen molar-refractivity contribution in [1.82, 2.24) is 0 Å². The van der Waals surface area contributed by atoms with E-state index in [4.69, 9.17) is 18.9 Å². The molecule has 13 aliphatic rings. The predicted molar refractivity (Wildman–Crippen MR) is 226 cm³/mol. The fourth-order valence-corrected chi connectivity index (χ4v) is 6.61. The van der Waals surface area contributed by atoms with Gasteiger partial charge in [-0.05, 0) is 194 Å². The molecular formula is C52H32O8. The number of ketones is 4. The van der Waals surface area contributed by atoms with Gasteiger partial charge in [0.15, 0.2) is 23.1 Å². The van der Waals surface area contributed by atoms with Gasteiger partial charge in [0.1, 0.15) is 46.0 Å². The lowest BCUT2D eigenvalue weighted by atomic mass is 10.0. The van der Waals surface area contributed by atoms with Gasteiger partial charge in [0.25, 0.3) is 0 Å². The molecule has 13 aliphatic heterocycles. The van der Waals surface area contributed by atoms with E-state index in [0.29, 0.717) is 90.5 Å². The molecule has 0 saturated carbocycles. The summed E-state index contributed by atoms with van der Waals surface area (Å²) in [6.07, 6.45) is 0. The van der Waals surface area contributed by atoms with Crippen molar-refractivity contribution in [1.29, 1.82) is 0 Å². The van der Waals surface area contributed by atoms with Gasteiger partial charge in [-0.15, -0.1) is 0 Å². The van der Waals surface area contributed by atoms with Crippen molar-refractivity contribution in [3.05, 3.63) is 239 Å². The van der Waals surface area contributed by atoms with E-state index in [9.17, 15) is 19.2 Å². The Morgan fingerprint density at radius 2 is 0.267 bits per heavy atom. The van der Waals surface area contributed by atoms with Crippen LogP contribution < -0.4 is 18.9 Å². The van der Waals surface area contributed by atoms with E-state index in [1.807, 2.05) is 0 Å². The summed E-state index contributed by atoms with van der Waals surface area (Å²) in [5, 5.41) is 0. The molecular weight excluding hydrogens is 753 g/mol. The quantitative estimate of drug-likeness (QED) is 0.150. The molecule has 0 saturated heterocycles. The number of benzene rings is 8. The van der Waals surface area contributed by atoms with Gasteiger partial charge in [-0.25, -0.2) is 0 Å². The summed E-state index contributed by atoms with van der Waals surface area (Å²) >= 11 is 0. The highest BCUT2D eigenvalue weighted by Crippen LogP contribution is 2.29. The Balaban J connectivity index is 0.955. The van der Waals surface area contributed by atoms with Crippen molar-refractivity contribution in [2.75, 3.05) is 0 Å². The highest BCUT2D eigenvalue weighted by atomic mass is 16.5. The molecule has 0 aliphatic carbocycles. The Kier molecular flexibility index (Phi) is 10.1. The van der Waals surface area contributed by atoms with Crippen LogP contribution >= 0.6 is 0 Å². The van der Waals surface area contributed by atoms with Crippen LogP contribution in [0.1, 0.15) is 63.7 Å². The number of ether oxygens (including phenoxy) is 4. The van der Waals surface area contributed by atoms with Crippen LogP contribution in [0.5, 0.6) is 46.0 Å². The Bertz CT molecular complexity index is 2250. The number of carbonyl (C=O) groups excluding carboxylic acids is 4. The minimum atomic E-state index is -0.159. The zero-order valence-electron chi connectivity index (χ0n) is 31.7. The second-order valence-corrected chi connectivity index (χ2v) is 13.9. The zero-order chi connectivity index (χ0) is 41.0. The van der Waals surface area contributed by atoms with Crippen LogP contribution in [-0.2, 0) is 0 Å². The summed E-state index contributed by atoms with van der Waals surface area (Å²) in [6, 6.07) is 54.7. The second-order valence-electron chi connectivity index (χ2n) is 13.9. The van der Waals surface area contributed by atoms with Crippen LogP contribution in [0.4, 0.5) is 0 Å². The molecule has 21 rings (SSSR count). The summed E-state index contributed by atoms with van der Waals surface area (Å²) < 4.78 is 24.0. The van der Waals surface area contributed by atoms with E-state index in [1.54, 1.807) is 194 Å². The maximum Gasteiger partial charge on any atom is 0.193 e. The maximum absolute atomic E-state index is 13.3. The minimum absolute atomic E-state index is 0.159. The molecule has 0 unspecified atom stereocenters. The molecule has 0 aromatic heterocycles. The third kappa shape index (κ3) is 8.20. The lowest BCUT2D eigenvalue weighted by molar-refractivity contribution is 0.103. The molecule has 0 N–H and O–H groups in total. The molecule has 0 atom stereocenters. The van der Waals surface area contributed by atoms with E-state index in [1.165, 1.54) is 0 Å². The molecule has 8 aromatic rings. The van der Waals surface area contributed by atoms with Gasteiger partial charge in [0.05, 0.1) is 0 Å². The van der Waals surface area contributed by atoms with Gasteiger partial charge in [-0.1, -0.05) is 0 Å².